The topological polar surface area (TPSA) is 62.7 Å². The fourth-order valence-corrected chi connectivity index (χ4v) is 2.07. The van der Waals surface area contributed by atoms with Gasteiger partial charge in [0.2, 0.25) is 0 Å². The zero-order chi connectivity index (χ0) is 16.7. The predicted octanol–water partition coefficient (Wildman–Crippen LogP) is 3.30. The number of anilines is 1. The molecule has 2 N–H and O–H groups in total. The Morgan fingerprint density at radius 3 is 2.52 bits per heavy atom. The van der Waals surface area contributed by atoms with Crippen molar-refractivity contribution in [1.29, 1.82) is 0 Å². The molecule has 0 aliphatic heterocycles. The molecular formula is C17H18ClN3O2. The highest BCUT2D eigenvalue weighted by Crippen LogP contribution is 2.19. The Labute approximate surface area is 140 Å². The molecule has 5 nitrogen and oxygen atoms in total. The van der Waals surface area contributed by atoms with Crippen molar-refractivity contribution in [3.8, 4) is 5.75 Å². The normalized spacial score (nSPS) is 11.0. The van der Waals surface area contributed by atoms with Crippen LogP contribution in [-0.4, -0.2) is 25.3 Å². The molecule has 0 atom stereocenters. The fourth-order valence-electron chi connectivity index (χ4n) is 1.86. The van der Waals surface area contributed by atoms with Crippen molar-refractivity contribution >= 4 is 28.9 Å². The lowest BCUT2D eigenvalue weighted by Crippen LogP contribution is -2.26. The van der Waals surface area contributed by atoms with E-state index in [4.69, 9.17) is 16.3 Å². The number of benzene rings is 2. The summed E-state index contributed by atoms with van der Waals surface area (Å²) in [5, 5.41) is 7.62. The average Bonchev–Trinajstić information content (AvgIpc) is 2.59. The Bertz CT molecular complexity index is 699. The SMILES string of the molecule is COc1ccc(/C(C)=N/NC(=O)CNc2ccccc2Cl)cc1. The van der Waals surface area contributed by atoms with Crippen molar-refractivity contribution in [3.63, 3.8) is 0 Å². The van der Waals surface area contributed by atoms with Crippen LogP contribution in [0.25, 0.3) is 0 Å². The van der Waals surface area contributed by atoms with Gasteiger partial charge in [-0.3, -0.25) is 4.79 Å². The number of ether oxygens (including phenoxy) is 1. The van der Waals surface area contributed by atoms with E-state index in [2.05, 4.69) is 15.8 Å². The summed E-state index contributed by atoms with van der Waals surface area (Å²) in [4.78, 5) is 11.8. The van der Waals surface area contributed by atoms with Crippen LogP contribution in [0.5, 0.6) is 5.75 Å². The molecule has 0 spiro atoms. The molecule has 0 aliphatic rings. The lowest BCUT2D eigenvalue weighted by molar-refractivity contribution is -0.119. The zero-order valence-electron chi connectivity index (χ0n) is 13.0. The fraction of sp³-hybridized carbons (Fsp3) is 0.176. The van der Waals surface area contributed by atoms with Gasteiger partial charge in [-0.15, -0.1) is 0 Å². The summed E-state index contributed by atoms with van der Waals surface area (Å²) in [6.45, 7) is 1.91. The molecule has 23 heavy (non-hydrogen) atoms. The maximum atomic E-state index is 11.8. The zero-order valence-corrected chi connectivity index (χ0v) is 13.7. The van der Waals surface area contributed by atoms with Gasteiger partial charge in [-0.2, -0.15) is 5.10 Å². The van der Waals surface area contributed by atoms with E-state index in [1.165, 1.54) is 0 Å². The number of halogens is 1. The lowest BCUT2D eigenvalue weighted by Gasteiger charge is -2.07. The van der Waals surface area contributed by atoms with Gasteiger partial charge in [-0.05, 0) is 48.9 Å². The van der Waals surface area contributed by atoms with Crippen LogP contribution in [0.4, 0.5) is 5.69 Å². The van der Waals surface area contributed by atoms with E-state index < -0.39 is 0 Å². The van der Waals surface area contributed by atoms with Crippen LogP contribution in [0.15, 0.2) is 53.6 Å². The van der Waals surface area contributed by atoms with Crippen LogP contribution in [-0.2, 0) is 4.79 Å². The minimum Gasteiger partial charge on any atom is -0.497 e. The third-order valence-corrected chi connectivity index (χ3v) is 3.50. The number of rotatable bonds is 6. The quantitative estimate of drug-likeness (QED) is 0.630. The van der Waals surface area contributed by atoms with E-state index >= 15 is 0 Å². The number of hydrogen-bond donors (Lipinski definition) is 2. The summed E-state index contributed by atoms with van der Waals surface area (Å²) >= 11 is 6.01. The molecule has 1 amide bonds. The van der Waals surface area contributed by atoms with Gasteiger partial charge in [0.05, 0.1) is 30.1 Å². The Morgan fingerprint density at radius 1 is 1.17 bits per heavy atom. The Kier molecular flexibility index (Phi) is 6.00. The standard InChI is InChI=1S/C17H18ClN3O2/c1-12(13-7-9-14(23-2)10-8-13)20-21-17(22)11-19-16-6-4-3-5-15(16)18/h3-10,19H,11H2,1-2H3,(H,21,22)/b20-12+. The van der Waals surface area contributed by atoms with E-state index in [1.807, 2.05) is 49.4 Å². The highest BCUT2D eigenvalue weighted by molar-refractivity contribution is 6.33. The summed E-state index contributed by atoms with van der Waals surface area (Å²) in [5.74, 6) is 0.521. The maximum Gasteiger partial charge on any atom is 0.259 e. The number of methoxy groups -OCH3 is 1. The second kappa shape index (κ2) is 8.19. The summed E-state index contributed by atoms with van der Waals surface area (Å²) < 4.78 is 5.10. The third-order valence-electron chi connectivity index (χ3n) is 3.17. The minimum absolute atomic E-state index is 0.0864. The van der Waals surface area contributed by atoms with Crippen molar-refractivity contribution in [2.75, 3.05) is 19.0 Å². The highest BCUT2D eigenvalue weighted by atomic mass is 35.5. The first-order valence-corrected chi connectivity index (χ1v) is 7.44. The molecule has 0 saturated carbocycles. The van der Waals surface area contributed by atoms with E-state index in [9.17, 15) is 4.79 Å². The predicted molar refractivity (Wildman–Crippen MR) is 93.3 cm³/mol. The second-order valence-electron chi connectivity index (χ2n) is 4.79. The first kappa shape index (κ1) is 16.8. The number of hydrazone groups is 1. The molecule has 0 saturated heterocycles. The molecule has 2 aromatic rings. The third kappa shape index (κ3) is 5.00. The molecule has 0 aromatic heterocycles. The van der Waals surface area contributed by atoms with Crippen molar-refractivity contribution in [3.05, 3.63) is 59.1 Å². The minimum atomic E-state index is -0.252. The molecule has 0 bridgehead atoms. The van der Waals surface area contributed by atoms with Crippen molar-refractivity contribution in [2.45, 2.75) is 6.92 Å². The van der Waals surface area contributed by atoms with E-state index in [0.29, 0.717) is 16.4 Å². The summed E-state index contributed by atoms with van der Waals surface area (Å²) in [6.07, 6.45) is 0. The van der Waals surface area contributed by atoms with Gasteiger partial charge < -0.3 is 10.1 Å². The molecule has 0 fully saturated rings. The number of hydrogen-bond acceptors (Lipinski definition) is 4. The van der Waals surface area contributed by atoms with Crippen molar-refractivity contribution < 1.29 is 9.53 Å². The molecular weight excluding hydrogens is 314 g/mol. The Morgan fingerprint density at radius 2 is 1.87 bits per heavy atom. The molecule has 0 heterocycles. The van der Waals surface area contributed by atoms with Gasteiger partial charge in [-0.25, -0.2) is 5.43 Å². The number of carbonyl (C=O) groups excluding carboxylic acids is 1. The monoisotopic (exact) mass is 331 g/mol. The van der Waals surface area contributed by atoms with Crippen molar-refractivity contribution in [2.24, 2.45) is 5.10 Å². The molecule has 2 aromatic carbocycles. The molecule has 120 valence electrons. The number of nitrogens with zero attached hydrogens (tertiary/aromatic N) is 1. The van der Waals surface area contributed by atoms with Crippen LogP contribution in [0, 0.1) is 0 Å². The van der Waals surface area contributed by atoms with Gasteiger partial charge >= 0.3 is 0 Å². The summed E-state index contributed by atoms with van der Waals surface area (Å²) in [7, 11) is 1.61. The molecule has 0 unspecified atom stereocenters. The van der Waals surface area contributed by atoms with Gasteiger partial charge in [0.15, 0.2) is 0 Å². The number of amides is 1. The van der Waals surface area contributed by atoms with Crippen molar-refractivity contribution in [1.82, 2.24) is 5.43 Å². The number of carbonyl (C=O) groups is 1. The van der Waals surface area contributed by atoms with E-state index in [0.717, 1.165) is 11.3 Å². The van der Waals surface area contributed by atoms with Gasteiger partial charge in [0, 0.05) is 0 Å². The second-order valence-corrected chi connectivity index (χ2v) is 5.20. The first-order chi connectivity index (χ1) is 11.1. The van der Waals surface area contributed by atoms with Crippen LogP contribution >= 0.6 is 11.6 Å². The molecule has 2 rings (SSSR count). The van der Waals surface area contributed by atoms with Gasteiger partial charge in [0.1, 0.15) is 5.75 Å². The lowest BCUT2D eigenvalue weighted by atomic mass is 10.1. The summed E-state index contributed by atoms with van der Waals surface area (Å²) in [5.41, 5.74) is 4.83. The molecule has 0 aliphatic carbocycles. The maximum absolute atomic E-state index is 11.8. The molecule has 6 heteroatoms. The number of para-hydroxylation sites is 1. The smallest absolute Gasteiger partial charge is 0.259 e. The Hall–Kier alpha value is -2.53. The van der Waals surface area contributed by atoms with Crippen LogP contribution in [0.1, 0.15) is 12.5 Å². The van der Waals surface area contributed by atoms with Crippen LogP contribution in [0.2, 0.25) is 5.02 Å². The highest BCUT2D eigenvalue weighted by Gasteiger charge is 2.03. The van der Waals surface area contributed by atoms with E-state index in [1.54, 1.807) is 13.2 Å². The van der Waals surface area contributed by atoms with Crippen LogP contribution < -0.4 is 15.5 Å². The molecule has 0 radical (unpaired) electrons. The summed E-state index contributed by atoms with van der Waals surface area (Å²) in [6, 6.07) is 14.7. The largest absolute Gasteiger partial charge is 0.497 e. The van der Waals surface area contributed by atoms with Gasteiger partial charge in [0.25, 0.3) is 5.91 Å². The van der Waals surface area contributed by atoms with Gasteiger partial charge in [-0.1, -0.05) is 23.7 Å². The average molecular weight is 332 g/mol. The first-order valence-electron chi connectivity index (χ1n) is 7.06. The Balaban J connectivity index is 1.88. The number of nitrogens with one attached hydrogen (secondary N) is 2. The van der Waals surface area contributed by atoms with Crippen LogP contribution in [0.3, 0.4) is 0 Å². The van der Waals surface area contributed by atoms with E-state index in [-0.39, 0.29) is 12.5 Å².